The Bertz CT molecular complexity index is 917. The number of ether oxygens (including phenoxy) is 2. The van der Waals surface area contributed by atoms with Gasteiger partial charge in [-0.3, -0.25) is 0 Å². The van der Waals surface area contributed by atoms with Gasteiger partial charge in [0.25, 0.3) is 0 Å². The van der Waals surface area contributed by atoms with Gasteiger partial charge < -0.3 is 30.3 Å². The summed E-state index contributed by atoms with van der Waals surface area (Å²) in [5.74, 6) is 3.00. The maximum atomic E-state index is 6.76. The van der Waals surface area contributed by atoms with Crippen molar-refractivity contribution in [2.75, 3.05) is 65.5 Å². The van der Waals surface area contributed by atoms with Crippen LogP contribution >= 0.6 is 0 Å². The van der Waals surface area contributed by atoms with Crippen LogP contribution in [-0.2, 0) is 6.42 Å². The summed E-state index contributed by atoms with van der Waals surface area (Å²) >= 11 is 0. The Balaban J connectivity index is 1.42. The third-order valence-electron chi connectivity index (χ3n) is 9.07. The number of allylic oxidation sites excluding steroid dienone is 2. The minimum Gasteiger partial charge on any atom is -0.493 e. The Morgan fingerprint density at radius 1 is 0.950 bits per heavy atom. The Morgan fingerprint density at radius 2 is 1.73 bits per heavy atom. The fraction of sp³-hybridized carbons (Fsp3) is 0.765. The lowest BCUT2D eigenvalue weighted by molar-refractivity contribution is 0.0104. The molecule has 1 aromatic carbocycles. The van der Waals surface area contributed by atoms with Gasteiger partial charge in [-0.2, -0.15) is 0 Å². The molecule has 2 atom stereocenters. The zero-order valence-electron chi connectivity index (χ0n) is 26.1. The molecule has 0 bridgehead atoms. The summed E-state index contributed by atoms with van der Waals surface area (Å²) in [7, 11) is 0. The first-order valence-electron chi connectivity index (χ1n) is 16.5. The van der Waals surface area contributed by atoms with E-state index in [0.29, 0.717) is 11.8 Å². The van der Waals surface area contributed by atoms with E-state index in [9.17, 15) is 0 Å². The number of benzene rings is 1. The molecule has 0 spiro atoms. The molecule has 1 aliphatic carbocycles. The normalized spacial score (nSPS) is 24.6. The fourth-order valence-electron chi connectivity index (χ4n) is 6.76. The van der Waals surface area contributed by atoms with Crippen molar-refractivity contribution < 1.29 is 9.47 Å². The average molecular weight is 555 g/mol. The summed E-state index contributed by atoms with van der Waals surface area (Å²) in [6.07, 6.45) is 13.1. The molecule has 3 N–H and O–H groups in total. The first-order valence-corrected chi connectivity index (χ1v) is 16.5. The molecule has 2 heterocycles. The number of nitrogens with one attached hydrogen (secondary N) is 3. The van der Waals surface area contributed by atoms with Gasteiger partial charge in [0.05, 0.1) is 6.61 Å². The SMILES string of the molecule is CCCCCc1cc(OCCCN2CCCNCCNCCCNCC2)c2c(c1)OC(C)(C)[C@@H]1CCC(C)=C[C@@H]21. The van der Waals surface area contributed by atoms with Gasteiger partial charge in [0, 0.05) is 50.1 Å². The van der Waals surface area contributed by atoms with E-state index in [1.54, 1.807) is 0 Å². The lowest BCUT2D eigenvalue weighted by Gasteiger charge is -2.46. The maximum absolute atomic E-state index is 6.76. The van der Waals surface area contributed by atoms with E-state index in [4.69, 9.17) is 9.47 Å². The van der Waals surface area contributed by atoms with Gasteiger partial charge in [-0.25, -0.2) is 0 Å². The molecule has 226 valence electrons. The van der Waals surface area contributed by atoms with Crippen LogP contribution in [0.15, 0.2) is 23.8 Å². The lowest BCUT2D eigenvalue weighted by atomic mass is 9.68. The molecule has 0 aromatic heterocycles. The predicted octanol–water partition coefficient (Wildman–Crippen LogP) is 5.66. The van der Waals surface area contributed by atoms with E-state index in [-0.39, 0.29) is 5.60 Å². The second-order valence-electron chi connectivity index (χ2n) is 12.9. The highest BCUT2D eigenvalue weighted by Crippen LogP contribution is 2.53. The maximum Gasteiger partial charge on any atom is 0.127 e. The van der Waals surface area contributed by atoms with Crippen LogP contribution in [0.2, 0.25) is 0 Å². The van der Waals surface area contributed by atoms with Crippen LogP contribution in [0.1, 0.15) is 96.1 Å². The van der Waals surface area contributed by atoms with Crippen molar-refractivity contribution in [1.82, 2.24) is 20.9 Å². The molecule has 0 unspecified atom stereocenters. The third-order valence-corrected chi connectivity index (χ3v) is 9.07. The number of hydrogen-bond donors (Lipinski definition) is 3. The van der Waals surface area contributed by atoms with Crippen LogP contribution in [0.5, 0.6) is 11.5 Å². The van der Waals surface area contributed by atoms with Crippen molar-refractivity contribution in [1.29, 1.82) is 0 Å². The topological polar surface area (TPSA) is 57.8 Å². The summed E-state index contributed by atoms with van der Waals surface area (Å²) in [6.45, 7) is 19.7. The number of fused-ring (bicyclic) bond motifs is 3. The van der Waals surface area contributed by atoms with E-state index >= 15 is 0 Å². The lowest BCUT2D eigenvalue weighted by Crippen LogP contribution is -2.45. The van der Waals surface area contributed by atoms with Gasteiger partial charge in [0.15, 0.2) is 0 Å². The van der Waals surface area contributed by atoms with Gasteiger partial charge in [0.1, 0.15) is 17.1 Å². The summed E-state index contributed by atoms with van der Waals surface area (Å²) in [5.41, 5.74) is 4.00. The van der Waals surface area contributed by atoms with E-state index in [1.807, 2.05) is 0 Å². The predicted molar refractivity (Wildman–Crippen MR) is 168 cm³/mol. The Kier molecular flexibility index (Phi) is 12.6. The highest BCUT2D eigenvalue weighted by Gasteiger charge is 2.45. The minimum absolute atomic E-state index is 0.160. The van der Waals surface area contributed by atoms with Crippen LogP contribution in [-0.4, -0.2) is 76.0 Å². The van der Waals surface area contributed by atoms with Crippen molar-refractivity contribution in [3.63, 3.8) is 0 Å². The van der Waals surface area contributed by atoms with Crippen LogP contribution < -0.4 is 25.4 Å². The first kappa shape index (κ1) is 31.3. The molecular weight excluding hydrogens is 496 g/mol. The molecule has 1 fully saturated rings. The van der Waals surface area contributed by atoms with E-state index in [0.717, 1.165) is 89.9 Å². The van der Waals surface area contributed by atoms with Crippen molar-refractivity contribution in [2.45, 2.75) is 97.0 Å². The zero-order valence-corrected chi connectivity index (χ0v) is 26.1. The van der Waals surface area contributed by atoms with Crippen LogP contribution in [0, 0.1) is 5.92 Å². The summed E-state index contributed by atoms with van der Waals surface area (Å²) < 4.78 is 13.5. The number of nitrogens with zero attached hydrogens (tertiary/aromatic N) is 1. The van der Waals surface area contributed by atoms with Crippen molar-refractivity contribution in [3.05, 3.63) is 34.9 Å². The number of aryl methyl sites for hydroxylation is 1. The monoisotopic (exact) mass is 554 g/mol. The van der Waals surface area contributed by atoms with Crippen LogP contribution in [0.3, 0.4) is 0 Å². The molecule has 4 rings (SSSR count). The van der Waals surface area contributed by atoms with Crippen LogP contribution in [0.4, 0.5) is 0 Å². The number of unbranched alkanes of at least 4 members (excludes halogenated alkanes) is 2. The van der Waals surface area contributed by atoms with Gasteiger partial charge in [-0.15, -0.1) is 0 Å². The first-order chi connectivity index (χ1) is 19.5. The van der Waals surface area contributed by atoms with E-state index in [2.05, 4.69) is 66.8 Å². The fourth-order valence-corrected chi connectivity index (χ4v) is 6.76. The van der Waals surface area contributed by atoms with Crippen molar-refractivity contribution >= 4 is 0 Å². The second-order valence-corrected chi connectivity index (χ2v) is 12.9. The molecule has 1 saturated heterocycles. The van der Waals surface area contributed by atoms with Gasteiger partial charge in [0.2, 0.25) is 0 Å². The Labute approximate surface area is 245 Å². The Morgan fingerprint density at radius 3 is 2.52 bits per heavy atom. The van der Waals surface area contributed by atoms with Crippen LogP contribution in [0.25, 0.3) is 0 Å². The highest BCUT2D eigenvalue weighted by molar-refractivity contribution is 5.54. The average Bonchev–Trinajstić information content (AvgIpc) is 2.92. The Hall–Kier alpha value is -1.60. The molecule has 3 aliphatic rings. The van der Waals surface area contributed by atoms with Crippen molar-refractivity contribution in [2.24, 2.45) is 5.92 Å². The number of hydrogen-bond acceptors (Lipinski definition) is 6. The second kappa shape index (κ2) is 16.1. The smallest absolute Gasteiger partial charge is 0.127 e. The largest absolute Gasteiger partial charge is 0.493 e. The molecule has 1 aromatic rings. The minimum atomic E-state index is -0.160. The third kappa shape index (κ3) is 9.20. The zero-order chi connectivity index (χ0) is 28.2. The molecule has 40 heavy (non-hydrogen) atoms. The molecule has 0 amide bonds. The standard InChI is InChI=1S/C34H58N4O2/c1-5-6-7-11-28-25-31(33-29-24-27(2)12-13-30(29)34(3,4)40-32(33)26-28)39-23-10-21-38-20-9-16-36-18-17-35-14-8-15-37-19-22-38/h24-26,29-30,35-37H,5-23H2,1-4H3/t29-,30-/m1/s1. The van der Waals surface area contributed by atoms with E-state index < -0.39 is 0 Å². The quantitative estimate of drug-likeness (QED) is 0.270. The van der Waals surface area contributed by atoms with Gasteiger partial charge in [-0.05, 0) is 110 Å². The molecule has 6 heteroatoms. The summed E-state index contributed by atoms with van der Waals surface area (Å²) in [4.78, 5) is 2.62. The number of rotatable bonds is 9. The highest BCUT2D eigenvalue weighted by atomic mass is 16.5. The summed E-state index contributed by atoms with van der Waals surface area (Å²) in [5, 5.41) is 10.7. The van der Waals surface area contributed by atoms with Crippen molar-refractivity contribution in [3.8, 4) is 11.5 Å². The molecule has 6 nitrogen and oxygen atoms in total. The summed E-state index contributed by atoms with van der Waals surface area (Å²) in [6, 6.07) is 4.67. The van der Waals surface area contributed by atoms with E-state index in [1.165, 1.54) is 61.6 Å². The van der Waals surface area contributed by atoms with Gasteiger partial charge in [-0.1, -0.05) is 31.4 Å². The molecule has 0 saturated carbocycles. The molecule has 2 aliphatic heterocycles. The molecule has 0 radical (unpaired) electrons. The van der Waals surface area contributed by atoms with Gasteiger partial charge >= 0.3 is 0 Å². The molecular formula is C34H58N4O2.